The van der Waals surface area contributed by atoms with E-state index >= 15 is 0 Å². The van der Waals surface area contributed by atoms with Crippen molar-refractivity contribution < 1.29 is 0 Å². The van der Waals surface area contributed by atoms with E-state index in [1.54, 1.807) is 11.3 Å². The first kappa shape index (κ1) is 27.0. The third kappa shape index (κ3) is 4.33. The average molecular weight is 631 g/mol. The van der Waals surface area contributed by atoms with Gasteiger partial charge in [-0.3, -0.25) is 4.40 Å². The van der Waals surface area contributed by atoms with Crippen LogP contribution in [0.3, 0.4) is 0 Å². The van der Waals surface area contributed by atoms with Gasteiger partial charge in [0.15, 0.2) is 5.82 Å². The van der Waals surface area contributed by atoms with Crippen LogP contribution in [0.4, 0.5) is 0 Å². The lowest BCUT2D eigenvalue weighted by Crippen LogP contribution is -1.97. The predicted octanol–water partition coefficient (Wildman–Crippen LogP) is 11.5. The maximum absolute atomic E-state index is 5.37. The summed E-state index contributed by atoms with van der Waals surface area (Å²) in [5, 5.41) is 4.72. The van der Waals surface area contributed by atoms with Crippen LogP contribution < -0.4 is 0 Å². The number of nitrogens with zero attached hydrogens (tertiary/aromatic N) is 4. The van der Waals surface area contributed by atoms with Gasteiger partial charge in [-0.05, 0) is 64.4 Å². The first-order chi connectivity index (χ1) is 23.8. The van der Waals surface area contributed by atoms with Crippen molar-refractivity contribution in [1.29, 1.82) is 0 Å². The van der Waals surface area contributed by atoms with Crippen LogP contribution in [0.1, 0.15) is 0 Å². The Morgan fingerprint density at radius 2 is 1.23 bits per heavy atom. The summed E-state index contributed by atoms with van der Waals surface area (Å²) in [6, 6.07) is 53.3. The Balaban J connectivity index is 1.28. The van der Waals surface area contributed by atoms with Gasteiger partial charge < -0.3 is 0 Å². The second-order valence-electron chi connectivity index (χ2n) is 12.1. The van der Waals surface area contributed by atoms with Crippen molar-refractivity contribution in [3.05, 3.63) is 158 Å². The van der Waals surface area contributed by atoms with Gasteiger partial charge in [0.25, 0.3) is 0 Å². The Bertz CT molecular complexity index is 2850. The second kappa shape index (κ2) is 10.7. The van der Waals surface area contributed by atoms with Crippen LogP contribution in [0.25, 0.3) is 92.7 Å². The van der Waals surface area contributed by atoms with Crippen LogP contribution in [0.5, 0.6) is 0 Å². The van der Waals surface area contributed by atoms with Crippen molar-refractivity contribution in [2.45, 2.75) is 0 Å². The van der Waals surface area contributed by atoms with Gasteiger partial charge in [-0.1, -0.05) is 109 Å². The molecule has 0 fully saturated rings. The topological polar surface area (TPSA) is 43.1 Å². The number of rotatable bonds is 4. The number of thiophene rings is 1. The summed E-state index contributed by atoms with van der Waals surface area (Å²) in [5.74, 6) is 0.696. The van der Waals surface area contributed by atoms with Gasteiger partial charge in [-0.2, -0.15) is 0 Å². The van der Waals surface area contributed by atoms with E-state index < -0.39 is 0 Å². The molecule has 0 aliphatic carbocycles. The molecule has 0 aliphatic heterocycles. The molecule has 48 heavy (non-hydrogen) atoms. The second-order valence-corrected chi connectivity index (χ2v) is 13.2. The van der Waals surface area contributed by atoms with Gasteiger partial charge in [0.05, 0.1) is 21.6 Å². The van der Waals surface area contributed by atoms with Gasteiger partial charge in [-0.25, -0.2) is 15.0 Å². The van der Waals surface area contributed by atoms with E-state index in [9.17, 15) is 0 Å². The molecule has 0 spiro atoms. The molecular weight excluding hydrogens is 605 g/mol. The number of fused-ring (bicyclic) bond motifs is 8. The first-order valence-electron chi connectivity index (χ1n) is 16.0. The molecule has 224 valence electrons. The predicted molar refractivity (Wildman–Crippen MR) is 200 cm³/mol. The minimum atomic E-state index is 0.696. The highest BCUT2D eigenvalue weighted by Gasteiger charge is 2.21. The van der Waals surface area contributed by atoms with E-state index in [1.807, 2.05) is 6.07 Å². The van der Waals surface area contributed by atoms with E-state index in [0.717, 1.165) is 60.4 Å². The molecule has 0 bridgehead atoms. The fourth-order valence-electron chi connectivity index (χ4n) is 6.89. The van der Waals surface area contributed by atoms with Gasteiger partial charge >= 0.3 is 0 Å². The minimum absolute atomic E-state index is 0.696. The molecule has 0 radical (unpaired) electrons. The minimum Gasteiger partial charge on any atom is -0.300 e. The van der Waals surface area contributed by atoms with Gasteiger partial charge in [0.2, 0.25) is 0 Å². The van der Waals surface area contributed by atoms with Crippen LogP contribution >= 0.6 is 11.3 Å². The largest absolute Gasteiger partial charge is 0.300 e. The zero-order valence-electron chi connectivity index (χ0n) is 25.7. The molecular formula is C43H26N4S. The molecule has 5 heteroatoms. The van der Waals surface area contributed by atoms with Gasteiger partial charge in [0.1, 0.15) is 11.2 Å². The summed E-state index contributed by atoms with van der Waals surface area (Å²) in [4.78, 5) is 15.8. The molecule has 4 heterocycles. The monoisotopic (exact) mass is 630 g/mol. The highest BCUT2D eigenvalue weighted by molar-refractivity contribution is 7.26. The van der Waals surface area contributed by atoms with Gasteiger partial charge in [-0.15, -0.1) is 11.3 Å². The zero-order valence-corrected chi connectivity index (χ0v) is 26.5. The van der Waals surface area contributed by atoms with Crippen LogP contribution in [0.2, 0.25) is 0 Å². The summed E-state index contributed by atoms with van der Waals surface area (Å²) >= 11 is 1.79. The standard InChI is InChI=1S/C43H26N4S/c1-2-11-27(12-3-1)30-15-10-16-31(23-30)35-26-36(32-21-20-28-13-4-5-14-29(28)24-32)45-43(44-35)34-25-37-41(46-39-19-8-9-22-47(37)39)42-40(34)33-17-6-7-18-38(33)48-42/h1-26H. The van der Waals surface area contributed by atoms with Crippen molar-refractivity contribution >= 4 is 59.0 Å². The van der Waals surface area contributed by atoms with E-state index in [1.165, 1.54) is 26.4 Å². The van der Waals surface area contributed by atoms with Gasteiger partial charge in [0, 0.05) is 38.4 Å². The SMILES string of the molecule is c1ccc(-c2cccc(-c3cc(-c4ccc5ccccc5c4)nc(-c4cc5c(nc6ccccn65)c5sc6ccccc6c45)n3)c2)cc1. The summed E-state index contributed by atoms with van der Waals surface area (Å²) < 4.78 is 4.54. The summed E-state index contributed by atoms with van der Waals surface area (Å²) in [5.41, 5.74) is 10.2. The number of imidazole rings is 1. The lowest BCUT2D eigenvalue weighted by atomic mass is 9.99. The number of benzene rings is 6. The highest BCUT2D eigenvalue weighted by Crippen LogP contribution is 2.44. The van der Waals surface area contributed by atoms with Crippen molar-refractivity contribution in [3.63, 3.8) is 0 Å². The quantitative estimate of drug-likeness (QED) is 0.194. The van der Waals surface area contributed by atoms with Crippen molar-refractivity contribution in [3.8, 4) is 45.0 Å². The Morgan fingerprint density at radius 1 is 0.500 bits per heavy atom. The summed E-state index contributed by atoms with van der Waals surface area (Å²) in [7, 11) is 0. The average Bonchev–Trinajstić information content (AvgIpc) is 3.74. The molecule has 0 N–H and O–H groups in total. The molecule has 4 aromatic heterocycles. The van der Waals surface area contributed by atoms with Crippen LogP contribution in [0.15, 0.2) is 158 Å². The van der Waals surface area contributed by atoms with E-state index in [0.29, 0.717) is 5.82 Å². The molecule has 0 saturated carbocycles. The molecule has 0 aliphatic rings. The Labute approximate surface area is 280 Å². The molecule has 10 rings (SSSR count). The molecule has 4 nitrogen and oxygen atoms in total. The van der Waals surface area contributed by atoms with E-state index in [2.05, 4.69) is 156 Å². The van der Waals surface area contributed by atoms with Crippen LogP contribution in [-0.4, -0.2) is 19.4 Å². The van der Waals surface area contributed by atoms with Crippen LogP contribution in [0, 0.1) is 0 Å². The Hall–Kier alpha value is -6.17. The van der Waals surface area contributed by atoms with E-state index in [4.69, 9.17) is 15.0 Å². The van der Waals surface area contributed by atoms with Crippen molar-refractivity contribution in [1.82, 2.24) is 19.4 Å². The number of aromatic nitrogens is 4. The summed E-state index contributed by atoms with van der Waals surface area (Å²) in [6.45, 7) is 0. The Morgan fingerprint density at radius 3 is 2.12 bits per heavy atom. The number of pyridine rings is 1. The lowest BCUT2D eigenvalue weighted by Gasteiger charge is -2.12. The molecule has 10 aromatic rings. The zero-order chi connectivity index (χ0) is 31.6. The molecule has 0 amide bonds. The Kier molecular flexibility index (Phi) is 6.01. The fourth-order valence-corrected chi connectivity index (χ4v) is 8.10. The molecule has 0 unspecified atom stereocenters. The van der Waals surface area contributed by atoms with E-state index in [-0.39, 0.29) is 0 Å². The van der Waals surface area contributed by atoms with Crippen molar-refractivity contribution in [2.75, 3.05) is 0 Å². The molecule has 0 atom stereocenters. The fraction of sp³-hybridized carbons (Fsp3) is 0. The third-order valence-electron chi connectivity index (χ3n) is 9.21. The van der Waals surface area contributed by atoms with Crippen molar-refractivity contribution in [2.24, 2.45) is 0 Å². The molecule has 0 saturated heterocycles. The third-order valence-corrected chi connectivity index (χ3v) is 10.4. The summed E-state index contributed by atoms with van der Waals surface area (Å²) in [6.07, 6.45) is 2.08. The molecule has 6 aromatic carbocycles. The maximum Gasteiger partial charge on any atom is 0.161 e. The lowest BCUT2D eigenvalue weighted by molar-refractivity contribution is 1.19. The normalized spacial score (nSPS) is 11.8. The smallest absolute Gasteiger partial charge is 0.161 e. The number of hydrogen-bond acceptors (Lipinski definition) is 4. The van der Waals surface area contributed by atoms with Crippen LogP contribution in [-0.2, 0) is 0 Å². The number of hydrogen-bond donors (Lipinski definition) is 0. The first-order valence-corrected chi connectivity index (χ1v) is 16.8. The maximum atomic E-state index is 5.37. The highest BCUT2D eigenvalue weighted by atomic mass is 32.1.